The lowest BCUT2D eigenvalue weighted by Gasteiger charge is -2.45. The van der Waals surface area contributed by atoms with Gasteiger partial charge < -0.3 is 5.11 Å². The van der Waals surface area contributed by atoms with E-state index in [0.29, 0.717) is 13.0 Å². The van der Waals surface area contributed by atoms with Crippen LogP contribution in [0.15, 0.2) is 29.2 Å². The molecule has 1 aliphatic carbocycles. The normalized spacial score (nSPS) is 27.0. The fraction of sp³-hybridized carbons (Fsp3) is 0.571. The zero-order valence-electron chi connectivity index (χ0n) is 11.4. The van der Waals surface area contributed by atoms with Crippen LogP contribution in [-0.4, -0.2) is 25.7 Å². The fourth-order valence-corrected chi connectivity index (χ4v) is 3.53. The van der Waals surface area contributed by atoms with E-state index in [-0.39, 0.29) is 10.8 Å². The largest absolute Gasteiger partial charge is 0.390 e. The van der Waals surface area contributed by atoms with Gasteiger partial charge in [0.15, 0.2) is 0 Å². The zero-order valence-corrected chi connectivity index (χ0v) is 12.2. The average molecular weight is 283 g/mol. The maximum absolute atomic E-state index is 12.1. The van der Waals surface area contributed by atoms with Gasteiger partial charge in [0.05, 0.1) is 10.5 Å². The first-order valence-electron chi connectivity index (χ1n) is 6.66. The van der Waals surface area contributed by atoms with E-state index in [4.69, 9.17) is 0 Å². The minimum Gasteiger partial charge on any atom is -0.390 e. The quantitative estimate of drug-likeness (QED) is 0.866. The van der Waals surface area contributed by atoms with Crippen molar-refractivity contribution in [2.45, 2.75) is 43.6 Å². The summed E-state index contributed by atoms with van der Waals surface area (Å²) < 4.78 is 26.8. The van der Waals surface area contributed by atoms with E-state index < -0.39 is 15.6 Å². The van der Waals surface area contributed by atoms with Crippen LogP contribution in [0.25, 0.3) is 0 Å². The number of hydrogen-bond acceptors (Lipinski definition) is 3. The first-order valence-corrected chi connectivity index (χ1v) is 8.14. The standard InChI is InChI=1S/C14H21NO3S/c1-3-14(16)9-8-12(14)10-15-19(17,18)13-6-4-11(2)5-7-13/h4-7,12,15-16H,3,8-10H2,1-2H3/t12-,14-/m0/s1. The molecule has 0 heterocycles. The van der Waals surface area contributed by atoms with Gasteiger partial charge in [-0.25, -0.2) is 13.1 Å². The second-order valence-corrected chi connectivity index (χ2v) is 7.12. The fourth-order valence-electron chi connectivity index (χ4n) is 2.45. The van der Waals surface area contributed by atoms with Crippen LogP contribution < -0.4 is 4.72 Å². The maximum Gasteiger partial charge on any atom is 0.240 e. The van der Waals surface area contributed by atoms with Crippen molar-refractivity contribution in [3.8, 4) is 0 Å². The molecular weight excluding hydrogens is 262 g/mol. The predicted octanol–water partition coefficient (Wildman–Crippen LogP) is 1.82. The Labute approximate surface area is 114 Å². The Morgan fingerprint density at radius 2 is 2.00 bits per heavy atom. The van der Waals surface area contributed by atoms with Gasteiger partial charge in [0, 0.05) is 12.5 Å². The third-order valence-corrected chi connectivity index (χ3v) is 5.59. The van der Waals surface area contributed by atoms with Gasteiger partial charge in [-0.2, -0.15) is 0 Å². The summed E-state index contributed by atoms with van der Waals surface area (Å²) in [5.74, 6) is 0.0257. The van der Waals surface area contributed by atoms with Gasteiger partial charge in [0.25, 0.3) is 0 Å². The summed E-state index contributed by atoms with van der Waals surface area (Å²) in [6, 6.07) is 6.76. The molecule has 4 nitrogen and oxygen atoms in total. The van der Waals surface area contributed by atoms with E-state index >= 15 is 0 Å². The van der Waals surface area contributed by atoms with Crippen LogP contribution in [-0.2, 0) is 10.0 Å². The van der Waals surface area contributed by atoms with Crippen molar-refractivity contribution in [2.75, 3.05) is 6.54 Å². The smallest absolute Gasteiger partial charge is 0.240 e. The summed E-state index contributed by atoms with van der Waals surface area (Å²) in [5.41, 5.74) is 0.341. The summed E-state index contributed by atoms with van der Waals surface area (Å²) >= 11 is 0. The van der Waals surface area contributed by atoms with Gasteiger partial charge in [-0.1, -0.05) is 24.6 Å². The molecule has 2 atom stereocenters. The van der Waals surface area contributed by atoms with E-state index in [1.54, 1.807) is 24.3 Å². The number of benzene rings is 1. The van der Waals surface area contributed by atoms with Crippen molar-refractivity contribution < 1.29 is 13.5 Å². The van der Waals surface area contributed by atoms with Crippen molar-refractivity contribution in [1.82, 2.24) is 4.72 Å². The molecule has 0 unspecified atom stereocenters. The van der Waals surface area contributed by atoms with E-state index in [1.165, 1.54) is 0 Å². The molecule has 0 amide bonds. The lowest BCUT2D eigenvalue weighted by Crippen LogP contribution is -2.51. The lowest BCUT2D eigenvalue weighted by atomic mass is 9.68. The molecule has 2 rings (SSSR count). The molecule has 0 radical (unpaired) electrons. The molecule has 0 aromatic heterocycles. The van der Waals surface area contributed by atoms with Crippen LogP contribution in [0.4, 0.5) is 0 Å². The molecule has 1 aromatic rings. The Morgan fingerprint density at radius 1 is 1.37 bits per heavy atom. The highest BCUT2D eigenvalue weighted by atomic mass is 32.2. The number of rotatable bonds is 5. The molecule has 1 aliphatic rings. The van der Waals surface area contributed by atoms with Gasteiger partial charge >= 0.3 is 0 Å². The Bertz CT molecular complexity index is 534. The van der Waals surface area contributed by atoms with E-state index in [9.17, 15) is 13.5 Å². The van der Waals surface area contributed by atoms with E-state index in [0.717, 1.165) is 18.4 Å². The lowest BCUT2D eigenvalue weighted by molar-refractivity contribution is -0.0933. The highest BCUT2D eigenvalue weighted by Crippen LogP contribution is 2.40. The Kier molecular flexibility index (Phi) is 3.99. The van der Waals surface area contributed by atoms with Crippen molar-refractivity contribution >= 4 is 10.0 Å². The first-order chi connectivity index (χ1) is 8.87. The van der Waals surface area contributed by atoms with Crippen molar-refractivity contribution in [2.24, 2.45) is 5.92 Å². The molecule has 106 valence electrons. The Morgan fingerprint density at radius 3 is 2.47 bits per heavy atom. The molecular formula is C14H21NO3S. The van der Waals surface area contributed by atoms with Crippen molar-refractivity contribution in [3.05, 3.63) is 29.8 Å². The van der Waals surface area contributed by atoms with Crippen LogP contribution >= 0.6 is 0 Å². The monoisotopic (exact) mass is 283 g/mol. The second-order valence-electron chi connectivity index (χ2n) is 5.36. The van der Waals surface area contributed by atoms with Crippen LogP contribution in [0.2, 0.25) is 0 Å². The molecule has 1 fully saturated rings. The van der Waals surface area contributed by atoms with Crippen molar-refractivity contribution in [3.63, 3.8) is 0 Å². The van der Waals surface area contributed by atoms with Crippen LogP contribution in [0, 0.1) is 12.8 Å². The summed E-state index contributed by atoms with van der Waals surface area (Å²) in [6.45, 7) is 4.15. The van der Waals surface area contributed by atoms with E-state index in [1.807, 2.05) is 13.8 Å². The minimum atomic E-state index is -3.47. The first kappa shape index (κ1) is 14.5. The van der Waals surface area contributed by atoms with Gasteiger partial charge in [0.2, 0.25) is 10.0 Å². The van der Waals surface area contributed by atoms with Crippen LogP contribution in [0.1, 0.15) is 31.7 Å². The van der Waals surface area contributed by atoms with Gasteiger partial charge in [0.1, 0.15) is 0 Å². The summed E-state index contributed by atoms with van der Waals surface area (Å²) in [4.78, 5) is 0.275. The number of nitrogens with one attached hydrogen (secondary N) is 1. The molecule has 1 aromatic carbocycles. The topological polar surface area (TPSA) is 66.4 Å². The molecule has 0 aliphatic heterocycles. The van der Waals surface area contributed by atoms with Gasteiger partial charge in [-0.15, -0.1) is 0 Å². The zero-order chi connectivity index (χ0) is 14.1. The van der Waals surface area contributed by atoms with Gasteiger partial charge in [-0.05, 0) is 38.3 Å². The number of hydrogen-bond donors (Lipinski definition) is 2. The molecule has 0 bridgehead atoms. The SMILES string of the molecule is CC[C@]1(O)CC[C@H]1CNS(=O)(=O)c1ccc(C)cc1. The summed E-state index contributed by atoms with van der Waals surface area (Å²) in [5, 5.41) is 10.1. The predicted molar refractivity (Wildman–Crippen MR) is 74.3 cm³/mol. The highest BCUT2D eigenvalue weighted by Gasteiger charge is 2.43. The Balaban J connectivity index is 2.01. The minimum absolute atomic E-state index is 0.0257. The van der Waals surface area contributed by atoms with Crippen LogP contribution in [0.5, 0.6) is 0 Å². The summed E-state index contributed by atoms with van der Waals surface area (Å²) in [6.07, 6.45) is 2.31. The Hall–Kier alpha value is -0.910. The summed E-state index contributed by atoms with van der Waals surface area (Å²) in [7, 11) is -3.47. The highest BCUT2D eigenvalue weighted by molar-refractivity contribution is 7.89. The number of aliphatic hydroxyl groups is 1. The maximum atomic E-state index is 12.1. The molecule has 2 N–H and O–H groups in total. The third kappa shape index (κ3) is 2.99. The number of aryl methyl sites for hydroxylation is 1. The van der Waals surface area contributed by atoms with Crippen LogP contribution in [0.3, 0.4) is 0 Å². The molecule has 19 heavy (non-hydrogen) atoms. The molecule has 5 heteroatoms. The third-order valence-electron chi connectivity index (χ3n) is 4.15. The average Bonchev–Trinajstić information content (AvgIpc) is 2.37. The second kappa shape index (κ2) is 5.23. The van der Waals surface area contributed by atoms with Gasteiger partial charge in [-0.3, -0.25) is 0 Å². The number of sulfonamides is 1. The van der Waals surface area contributed by atoms with E-state index in [2.05, 4.69) is 4.72 Å². The van der Waals surface area contributed by atoms with Crippen molar-refractivity contribution in [1.29, 1.82) is 0 Å². The molecule has 0 saturated heterocycles. The molecule has 1 saturated carbocycles. The molecule has 0 spiro atoms.